The van der Waals surface area contributed by atoms with E-state index < -0.39 is 17.9 Å². The molecule has 1 amide bonds. The highest BCUT2D eigenvalue weighted by Gasteiger charge is 2.21. The number of aliphatic hydroxyl groups excluding tert-OH is 1. The lowest BCUT2D eigenvalue weighted by molar-refractivity contribution is -0.141. The number of carboxylic acid groups (broad SMARTS) is 1. The minimum Gasteiger partial charge on any atom is -0.495 e. The van der Waals surface area contributed by atoms with E-state index in [4.69, 9.17) is 19.7 Å². The van der Waals surface area contributed by atoms with Gasteiger partial charge in [0.1, 0.15) is 11.8 Å². The first-order valence-electron chi connectivity index (χ1n) is 7.16. The van der Waals surface area contributed by atoms with Gasteiger partial charge in [-0.1, -0.05) is 12.1 Å². The second-order valence-electron chi connectivity index (χ2n) is 4.63. The lowest BCUT2D eigenvalue weighted by Crippen LogP contribution is -2.41. The number of aliphatic carboxylic acids is 1. The Morgan fingerprint density at radius 3 is 2.65 bits per heavy atom. The number of aliphatic hydroxyl groups is 1. The molecular weight excluding hydrogens is 304 g/mol. The largest absolute Gasteiger partial charge is 0.495 e. The third kappa shape index (κ3) is 7.09. The van der Waals surface area contributed by atoms with Crippen molar-refractivity contribution >= 4 is 17.6 Å². The van der Waals surface area contributed by atoms with Crippen LogP contribution in [0.2, 0.25) is 0 Å². The Labute approximate surface area is 134 Å². The zero-order valence-corrected chi connectivity index (χ0v) is 12.9. The monoisotopic (exact) mass is 326 g/mol. The average Bonchev–Trinajstić information content (AvgIpc) is 2.53. The number of amides is 1. The summed E-state index contributed by atoms with van der Waals surface area (Å²) in [7, 11) is 1.49. The summed E-state index contributed by atoms with van der Waals surface area (Å²) in [4.78, 5) is 23.2. The summed E-state index contributed by atoms with van der Waals surface area (Å²) in [5.74, 6) is -1.06. The molecule has 4 N–H and O–H groups in total. The van der Waals surface area contributed by atoms with Crippen molar-refractivity contribution in [3.8, 4) is 5.75 Å². The van der Waals surface area contributed by atoms with E-state index in [1.807, 2.05) is 0 Å². The highest BCUT2D eigenvalue weighted by atomic mass is 16.5. The fraction of sp³-hybridized carbons (Fsp3) is 0.467. The van der Waals surface area contributed by atoms with Crippen LogP contribution in [0.5, 0.6) is 5.75 Å². The Balaban J connectivity index is 2.49. The number of para-hydroxylation sites is 2. The first-order valence-corrected chi connectivity index (χ1v) is 7.16. The standard InChI is InChI=1S/C15H22N2O6/c1-22-13-5-3-2-4-11(13)17-14(19)10-12(15(20)21)16-6-8-23-9-7-18/h2-5,12,16,18H,6-10H2,1H3,(H,17,19)(H,20,21)/t12-/m1/s1. The Hall–Kier alpha value is -2.16. The maximum absolute atomic E-state index is 12.0. The van der Waals surface area contributed by atoms with Crippen LogP contribution in [0.25, 0.3) is 0 Å². The molecule has 0 heterocycles. The molecule has 23 heavy (non-hydrogen) atoms. The van der Waals surface area contributed by atoms with Crippen LogP contribution in [0.3, 0.4) is 0 Å². The van der Waals surface area contributed by atoms with Crippen molar-refractivity contribution in [2.24, 2.45) is 0 Å². The lowest BCUT2D eigenvalue weighted by Gasteiger charge is -2.15. The van der Waals surface area contributed by atoms with Gasteiger partial charge < -0.3 is 30.3 Å². The predicted molar refractivity (Wildman–Crippen MR) is 83.6 cm³/mol. The minimum atomic E-state index is -1.12. The fourth-order valence-electron chi connectivity index (χ4n) is 1.85. The molecule has 8 heteroatoms. The quantitative estimate of drug-likeness (QED) is 0.425. The molecule has 1 aromatic rings. The topological polar surface area (TPSA) is 117 Å². The molecule has 0 aliphatic heterocycles. The van der Waals surface area contributed by atoms with Gasteiger partial charge in [0, 0.05) is 6.54 Å². The molecule has 0 aromatic heterocycles. The van der Waals surface area contributed by atoms with Gasteiger partial charge in [-0.3, -0.25) is 9.59 Å². The van der Waals surface area contributed by atoms with E-state index in [9.17, 15) is 9.59 Å². The molecule has 0 bridgehead atoms. The molecule has 1 atom stereocenters. The summed E-state index contributed by atoms with van der Waals surface area (Å²) in [6, 6.07) is 5.85. The Bertz CT molecular complexity index is 508. The van der Waals surface area contributed by atoms with Gasteiger partial charge in [-0.2, -0.15) is 0 Å². The van der Waals surface area contributed by atoms with Gasteiger partial charge in [-0.15, -0.1) is 0 Å². The van der Waals surface area contributed by atoms with Crippen LogP contribution in [-0.4, -0.2) is 61.6 Å². The third-order valence-corrected chi connectivity index (χ3v) is 2.94. The van der Waals surface area contributed by atoms with Crippen molar-refractivity contribution in [3.05, 3.63) is 24.3 Å². The molecule has 0 unspecified atom stereocenters. The van der Waals surface area contributed by atoms with Gasteiger partial charge in [0.15, 0.2) is 0 Å². The molecule has 0 fully saturated rings. The van der Waals surface area contributed by atoms with Gasteiger partial charge in [-0.25, -0.2) is 0 Å². The zero-order valence-electron chi connectivity index (χ0n) is 12.9. The lowest BCUT2D eigenvalue weighted by atomic mass is 10.2. The summed E-state index contributed by atoms with van der Waals surface area (Å²) >= 11 is 0. The van der Waals surface area contributed by atoms with Crippen LogP contribution in [0, 0.1) is 0 Å². The first kappa shape index (κ1) is 18.9. The Kier molecular flexibility index (Phi) is 8.66. The summed E-state index contributed by atoms with van der Waals surface area (Å²) < 4.78 is 10.1. The van der Waals surface area contributed by atoms with E-state index in [1.165, 1.54) is 7.11 Å². The van der Waals surface area contributed by atoms with E-state index in [1.54, 1.807) is 24.3 Å². The number of methoxy groups -OCH3 is 1. The maximum Gasteiger partial charge on any atom is 0.321 e. The number of anilines is 1. The van der Waals surface area contributed by atoms with Crippen molar-refractivity contribution in [1.29, 1.82) is 0 Å². The van der Waals surface area contributed by atoms with Crippen LogP contribution in [0.1, 0.15) is 6.42 Å². The van der Waals surface area contributed by atoms with Crippen molar-refractivity contribution in [1.82, 2.24) is 5.32 Å². The second kappa shape index (κ2) is 10.5. The van der Waals surface area contributed by atoms with Gasteiger partial charge >= 0.3 is 5.97 Å². The first-order chi connectivity index (χ1) is 11.1. The average molecular weight is 326 g/mol. The van der Waals surface area contributed by atoms with Crippen molar-refractivity contribution in [2.45, 2.75) is 12.5 Å². The highest BCUT2D eigenvalue weighted by Crippen LogP contribution is 2.23. The van der Waals surface area contributed by atoms with Crippen molar-refractivity contribution in [3.63, 3.8) is 0 Å². The highest BCUT2D eigenvalue weighted by molar-refractivity contribution is 5.95. The van der Waals surface area contributed by atoms with Gasteiger partial charge in [-0.05, 0) is 12.1 Å². The van der Waals surface area contributed by atoms with E-state index in [2.05, 4.69) is 10.6 Å². The fourth-order valence-corrected chi connectivity index (χ4v) is 1.85. The molecule has 0 spiro atoms. The van der Waals surface area contributed by atoms with Crippen molar-refractivity contribution in [2.75, 3.05) is 38.8 Å². The summed E-state index contributed by atoms with van der Waals surface area (Å²) in [5, 5.41) is 23.1. The number of carbonyl (C=O) groups is 2. The molecule has 0 saturated carbocycles. The summed E-state index contributed by atoms with van der Waals surface area (Å²) in [6.07, 6.45) is -0.229. The Morgan fingerprint density at radius 2 is 2.00 bits per heavy atom. The van der Waals surface area contributed by atoms with Crippen LogP contribution < -0.4 is 15.4 Å². The molecular formula is C15H22N2O6. The van der Waals surface area contributed by atoms with E-state index in [0.29, 0.717) is 11.4 Å². The van der Waals surface area contributed by atoms with Crippen LogP contribution >= 0.6 is 0 Å². The molecule has 1 rings (SSSR count). The number of ether oxygens (including phenoxy) is 2. The molecule has 1 aromatic carbocycles. The zero-order chi connectivity index (χ0) is 17.1. The number of nitrogens with one attached hydrogen (secondary N) is 2. The molecule has 0 saturated heterocycles. The summed E-state index contributed by atoms with van der Waals surface area (Å²) in [6.45, 7) is 0.606. The van der Waals surface area contributed by atoms with Crippen LogP contribution in [0.15, 0.2) is 24.3 Å². The van der Waals surface area contributed by atoms with E-state index in [0.717, 1.165) is 0 Å². The number of carbonyl (C=O) groups excluding carboxylic acids is 1. The Morgan fingerprint density at radius 1 is 1.26 bits per heavy atom. The number of hydrogen-bond acceptors (Lipinski definition) is 6. The minimum absolute atomic E-state index is 0.0936. The molecule has 0 aliphatic carbocycles. The van der Waals surface area contributed by atoms with Crippen molar-refractivity contribution < 1.29 is 29.3 Å². The molecule has 8 nitrogen and oxygen atoms in total. The third-order valence-electron chi connectivity index (χ3n) is 2.94. The predicted octanol–water partition coefficient (Wildman–Crippen LogP) is 0.0755. The number of benzene rings is 1. The van der Waals surface area contributed by atoms with E-state index in [-0.39, 0.29) is 32.8 Å². The number of hydrogen-bond donors (Lipinski definition) is 4. The van der Waals surface area contributed by atoms with Gasteiger partial charge in [0.25, 0.3) is 0 Å². The van der Waals surface area contributed by atoms with Gasteiger partial charge in [0.2, 0.25) is 5.91 Å². The van der Waals surface area contributed by atoms with E-state index >= 15 is 0 Å². The van der Waals surface area contributed by atoms with Crippen LogP contribution in [0.4, 0.5) is 5.69 Å². The van der Waals surface area contributed by atoms with Gasteiger partial charge in [0.05, 0.1) is 39.0 Å². The normalized spacial score (nSPS) is 11.7. The number of rotatable bonds is 11. The second-order valence-corrected chi connectivity index (χ2v) is 4.63. The summed E-state index contributed by atoms with van der Waals surface area (Å²) in [5.41, 5.74) is 0.482. The number of carboxylic acids is 1. The smallest absolute Gasteiger partial charge is 0.321 e. The maximum atomic E-state index is 12.0. The van der Waals surface area contributed by atoms with Crippen LogP contribution in [-0.2, 0) is 14.3 Å². The molecule has 128 valence electrons. The SMILES string of the molecule is COc1ccccc1NC(=O)C[C@@H](NCCOCCO)C(=O)O. The molecule has 0 radical (unpaired) electrons. The molecule has 0 aliphatic rings.